The lowest BCUT2D eigenvalue weighted by Crippen LogP contribution is -2.47. The molecule has 0 spiro atoms. The number of urea groups is 1. The van der Waals surface area contributed by atoms with Crippen LogP contribution in [0.4, 0.5) is 10.5 Å². The third-order valence-electron chi connectivity index (χ3n) is 4.30. The Morgan fingerprint density at radius 2 is 2.04 bits per heavy atom. The summed E-state index contributed by atoms with van der Waals surface area (Å²) in [5.41, 5.74) is 1.31. The molecular formula is C17H23Cl2N3O2. The molecule has 24 heavy (non-hydrogen) atoms. The van der Waals surface area contributed by atoms with Crippen LogP contribution in [-0.2, 0) is 4.79 Å². The number of anilines is 1. The third-order valence-corrected chi connectivity index (χ3v) is 5.20. The molecule has 0 aromatic heterocycles. The molecule has 1 atom stereocenters. The number of hydrogen-bond acceptors (Lipinski definition) is 2. The SMILES string of the molecule is CC(=O)NCCC1CCCCN1C(=O)Nc1ccc(Cl)c(C)c1Cl. The summed E-state index contributed by atoms with van der Waals surface area (Å²) < 4.78 is 0. The number of nitrogens with zero attached hydrogens (tertiary/aromatic N) is 1. The average Bonchev–Trinajstić information content (AvgIpc) is 2.55. The second-order valence-corrected chi connectivity index (χ2v) is 6.86. The highest BCUT2D eigenvalue weighted by Crippen LogP contribution is 2.31. The molecule has 132 valence electrons. The van der Waals surface area contributed by atoms with E-state index in [1.165, 1.54) is 6.92 Å². The Bertz CT molecular complexity index is 622. The van der Waals surface area contributed by atoms with Gasteiger partial charge in [-0.05, 0) is 50.3 Å². The molecule has 2 N–H and O–H groups in total. The smallest absolute Gasteiger partial charge is 0.322 e. The zero-order valence-corrected chi connectivity index (χ0v) is 15.5. The minimum Gasteiger partial charge on any atom is -0.356 e. The standard InChI is InChI=1S/C17H23Cl2N3O2/c1-11-14(18)6-7-15(16(11)19)21-17(24)22-10-4-3-5-13(22)8-9-20-12(2)23/h6-7,13H,3-5,8-10H2,1-2H3,(H,20,23)(H,21,24). The fraction of sp³-hybridized carbons (Fsp3) is 0.529. The van der Waals surface area contributed by atoms with Gasteiger partial charge in [-0.25, -0.2) is 4.79 Å². The minimum absolute atomic E-state index is 0.0507. The topological polar surface area (TPSA) is 61.4 Å². The molecule has 3 amide bonds. The zero-order valence-electron chi connectivity index (χ0n) is 14.0. The molecule has 1 saturated heterocycles. The van der Waals surface area contributed by atoms with Gasteiger partial charge in [-0.2, -0.15) is 0 Å². The Morgan fingerprint density at radius 1 is 1.29 bits per heavy atom. The van der Waals surface area contributed by atoms with Crippen LogP contribution in [0.3, 0.4) is 0 Å². The Morgan fingerprint density at radius 3 is 2.75 bits per heavy atom. The van der Waals surface area contributed by atoms with E-state index in [1.54, 1.807) is 12.1 Å². The van der Waals surface area contributed by atoms with Crippen molar-refractivity contribution < 1.29 is 9.59 Å². The fourth-order valence-corrected chi connectivity index (χ4v) is 3.35. The summed E-state index contributed by atoms with van der Waals surface area (Å²) in [5, 5.41) is 6.71. The van der Waals surface area contributed by atoms with Crippen molar-refractivity contribution in [3.05, 3.63) is 27.7 Å². The first-order valence-electron chi connectivity index (χ1n) is 8.16. The molecule has 1 aliphatic heterocycles. The Balaban J connectivity index is 2.03. The second kappa shape index (κ2) is 8.58. The molecular weight excluding hydrogens is 349 g/mol. The molecule has 1 aliphatic rings. The first kappa shape index (κ1) is 18.9. The van der Waals surface area contributed by atoms with Gasteiger partial charge in [-0.3, -0.25) is 4.79 Å². The van der Waals surface area contributed by atoms with Crippen molar-refractivity contribution in [3.63, 3.8) is 0 Å². The molecule has 0 aliphatic carbocycles. The Hall–Kier alpha value is -1.46. The van der Waals surface area contributed by atoms with Gasteiger partial charge in [0.15, 0.2) is 0 Å². The lowest BCUT2D eigenvalue weighted by Gasteiger charge is -2.36. The van der Waals surface area contributed by atoms with Gasteiger partial charge in [0.05, 0.1) is 10.7 Å². The van der Waals surface area contributed by atoms with E-state index in [0.29, 0.717) is 28.8 Å². The number of nitrogens with one attached hydrogen (secondary N) is 2. The maximum atomic E-state index is 12.7. The van der Waals surface area contributed by atoms with Gasteiger partial charge >= 0.3 is 6.03 Å². The lowest BCUT2D eigenvalue weighted by atomic mass is 10.00. The number of amides is 3. The second-order valence-electron chi connectivity index (χ2n) is 6.08. The first-order chi connectivity index (χ1) is 11.4. The van der Waals surface area contributed by atoms with Gasteiger partial charge in [0.2, 0.25) is 5.91 Å². The van der Waals surface area contributed by atoms with E-state index in [4.69, 9.17) is 23.2 Å². The number of carbonyl (C=O) groups excluding carboxylic acids is 2. The molecule has 0 saturated carbocycles. The molecule has 7 heteroatoms. The fourth-order valence-electron chi connectivity index (χ4n) is 2.93. The van der Waals surface area contributed by atoms with Crippen molar-refractivity contribution in [1.82, 2.24) is 10.2 Å². The number of likely N-dealkylation sites (tertiary alicyclic amines) is 1. The van der Waals surface area contributed by atoms with Crippen LogP contribution in [0.25, 0.3) is 0 Å². The zero-order chi connectivity index (χ0) is 17.7. The summed E-state index contributed by atoms with van der Waals surface area (Å²) >= 11 is 12.3. The molecule has 1 fully saturated rings. The van der Waals surface area contributed by atoms with Crippen molar-refractivity contribution in [2.45, 2.75) is 45.6 Å². The monoisotopic (exact) mass is 371 g/mol. The summed E-state index contributed by atoms with van der Waals surface area (Å²) in [5.74, 6) is -0.0507. The summed E-state index contributed by atoms with van der Waals surface area (Å²) in [6, 6.07) is 3.40. The third kappa shape index (κ3) is 4.77. The van der Waals surface area contributed by atoms with E-state index in [2.05, 4.69) is 10.6 Å². The quantitative estimate of drug-likeness (QED) is 0.832. The maximum absolute atomic E-state index is 12.7. The number of hydrogen-bond donors (Lipinski definition) is 2. The van der Waals surface area contributed by atoms with E-state index in [9.17, 15) is 9.59 Å². The van der Waals surface area contributed by atoms with Crippen molar-refractivity contribution in [3.8, 4) is 0 Å². The van der Waals surface area contributed by atoms with Crippen LogP contribution in [-0.4, -0.2) is 36.0 Å². The summed E-state index contributed by atoms with van der Waals surface area (Å²) in [7, 11) is 0. The maximum Gasteiger partial charge on any atom is 0.322 e. The van der Waals surface area contributed by atoms with Crippen LogP contribution >= 0.6 is 23.2 Å². The molecule has 0 radical (unpaired) electrons. The van der Waals surface area contributed by atoms with Crippen molar-refractivity contribution in [2.75, 3.05) is 18.4 Å². The first-order valence-corrected chi connectivity index (χ1v) is 8.92. The van der Waals surface area contributed by atoms with Crippen LogP contribution in [0.1, 0.15) is 38.2 Å². The predicted octanol–water partition coefficient (Wildman–Crippen LogP) is 4.21. The molecule has 1 aromatic carbocycles. The van der Waals surface area contributed by atoms with E-state index in [0.717, 1.165) is 31.2 Å². The van der Waals surface area contributed by atoms with E-state index >= 15 is 0 Å². The average molecular weight is 372 g/mol. The molecule has 5 nitrogen and oxygen atoms in total. The van der Waals surface area contributed by atoms with Crippen LogP contribution < -0.4 is 10.6 Å². The molecule has 1 unspecified atom stereocenters. The van der Waals surface area contributed by atoms with E-state index < -0.39 is 0 Å². The molecule has 1 heterocycles. The molecule has 0 bridgehead atoms. The highest BCUT2D eigenvalue weighted by Gasteiger charge is 2.27. The largest absolute Gasteiger partial charge is 0.356 e. The van der Waals surface area contributed by atoms with E-state index in [1.807, 2.05) is 11.8 Å². The van der Waals surface area contributed by atoms with Crippen molar-refractivity contribution in [1.29, 1.82) is 0 Å². The highest BCUT2D eigenvalue weighted by molar-refractivity contribution is 6.38. The Labute approximate surface area is 152 Å². The summed E-state index contributed by atoms with van der Waals surface area (Å²) in [6.07, 6.45) is 3.77. The van der Waals surface area contributed by atoms with Gasteiger partial charge in [-0.15, -0.1) is 0 Å². The summed E-state index contributed by atoms with van der Waals surface area (Å²) in [4.78, 5) is 25.5. The molecule has 1 aromatic rings. The minimum atomic E-state index is -0.161. The van der Waals surface area contributed by atoms with Crippen molar-refractivity contribution in [2.24, 2.45) is 0 Å². The highest BCUT2D eigenvalue weighted by atomic mass is 35.5. The number of rotatable bonds is 4. The normalized spacial score (nSPS) is 17.5. The molecule has 2 rings (SSSR count). The number of halogens is 2. The van der Waals surface area contributed by atoms with Crippen LogP contribution in [0.5, 0.6) is 0 Å². The van der Waals surface area contributed by atoms with Crippen molar-refractivity contribution >= 4 is 40.8 Å². The van der Waals surface area contributed by atoms with Gasteiger partial charge < -0.3 is 15.5 Å². The lowest BCUT2D eigenvalue weighted by molar-refractivity contribution is -0.119. The van der Waals surface area contributed by atoms with Crippen LogP contribution in [0.15, 0.2) is 12.1 Å². The van der Waals surface area contributed by atoms with Gasteiger partial charge in [-0.1, -0.05) is 23.2 Å². The number of carbonyl (C=O) groups is 2. The predicted molar refractivity (Wildman–Crippen MR) is 97.9 cm³/mol. The van der Waals surface area contributed by atoms with Gasteiger partial charge in [0.25, 0.3) is 0 Å². The van der Waals surface area contributed by atoms with Crippen LogP contribution in [0.2, 0.25) is 10.0 Å². The van der Waals surface area contributed by atoms with E-state index in [-0.39, 0.29) is 18.0 Å². The Kier molecular flexibility index (Phi) is 6.75. The van der Waals surface area contributed by atoms with Crippen LogP contribution in [0, 0.1) is 6.92 Å². The number of benzene rings is 1. The summed E-state index contributed by atoms with van der Waals surface area (Å²) in [6.45, 7) is 4.60. The number of piperidine rings is 1. The van der Waals surface area contributed by atoms with Gasteiger partial charge in [0, 0.05) is 31.1 Å². The van der Waals surface area contributed by atoms with Gasteiger partial charge in [0.1, 0.15) is 0 Å².